The molecule has 3 heteroatoms. The van der Waals surface area contributed by atoms with Gasteiger partial charge >= 0.3 is 0 Å². The summed E-state index contributed by atoms with van der Waals surface area (Å²) in [7, 11) is 0. The monoisotopic (exact) mass is 337 g/mol. The Hall–Kier alpha value is -3.59. The molecule has 0 aliphatic heterocycles. The topological polar surface area (TPSA) is 35.1 Å². The first-order valence-electron chi connectivity index (χ1n) is 8.51. The summed E-state index contributed by atoms with van der Waals surface area (Å²) >= 11 is 0. The number of para-hydroxylation sites is 2. The van der Waals surface area contributed by atoms with Crippen LogP contribution in [0.3, 0.4) is 0 Å². The number of nitrogens with zero attached hydrogens (tertiary/aromatic N) is 1. The minimum Gasteiger partial charge on any atom is -0.454 e. The second kappa shape index (κ2) is 5.74. The van der Waals surface area contributed by atoms with Gasteiger partial charge in [-0.25, -0.2) is 0 Å². The van der Waals surface area contributed by atoms with Gasteiger partial charge in [-0.3, -0.25) is 4.79 Å². The smallest absolute Gasteiger partial charge is 0.217 e. The Balaban J connectivity index is 1.97. The van der Waals surface area contributed by atoms with Crippen LogP contribution in [-0.2, 0) is 0 Å². The zero-order chi connectivity index (χ0) is 17.5. The lowest BCUT2D eigenvalue weighted by atomic mass is 10.1. The first-order valence-corrected chi connectivity index (χ1v) is 8.51. The highest BCUT2D eigenvalue weighted by Gasteiger charge is 2.18. The summed E-state index contributed by atoms with van der Waals surface area (Å²) in [5.41, 5.74) is 4.64. The summed E-state index contributed by atoms with van der Waals surface area (Å²) in [5.74, 6) is 0. The molecule has 0 fully saturated rings. The van der Waals surface area contributed by atoms with Crippen molar-refractivity contribution in [1.82, 2.24) is 4.57 Å². The van der Waals surface area contributed by atoms with E-state index in [2.05, 4.69) is 0 Å². The maximum atomic E-state index is 13.2. The summed E-state index contributed by atoms with van der Waals surface area (Å²) in [6.45, 7) is 0. The molecule has 0 spiro atoms. The Morgan fingerprint density at radius 2 is 1.35 bits per heavy atom. The molecule has 3 aromatic carbocycles. The molecule has 0 amide bonds. The molecule has 0 bridgehead atoms. The van der Waals surface area contributed by atoms with Gasteiger partial charge in [-0.15, -0.1) is 0 Å². The van der Waals surface area contributed by atoms with Crippen molar-refractivity contribution >= 4 is 22.1 Å². The Kier molecular flexibility index (Phi) is 3.25. The van der Waals surface area contributed by atoms with Gasteiger partial charge in [0, 0.05) is 11.8 Å². The Labute approximate surface area is 149 Å². The normalized spacial score (nSPS) is 11.2. The third-order valence-corrected chi connectivity index (χ3v) is 4.62. The van der Waals surface area contributed by atoms with Crippen molar-refractivity contribution in [2.75, 3.05) is 0 Å². The van der Waals surface area contributed by atoms with Gasteiger partial charge in [-0.1, -0.05) is 60.7 Å². The number of fused-ring (bicyclic) bond motifs is 2. The molecule has 0 atom stereocenters. The zero-order valence-corrected chi connectivity index (χ0v) is 13.9. The van der Waals surface area contributed by atoms with Gasteiger partial charge in [-0.2, -0.15) is 0 Å². The van der Waals surface area contributed by atoms with Crippen molar-refractivity contribution in [2.24, 2.45) is 0 Å². The van der Waals surface area contributed by atoms with E-state index in [4.69, 9.17) is 4.42 Å². The molecule has 124 valence electrons. The fourth-order valence-electron chi connectivity index (χ4n) is 3.43. The average Bonchev–Trinajstić information content (AvgIpc) is 3.09. The molecule has 5 rings (SSSR count). The van der Waals surface area contributed by atoms with Gasteiger partial charge in [0.1, 0.15) is 11.1 Å². The number of hydrogen-bond acceptors (Lipinski definition) is 2. The van der Waals surface area contributed by atoms with Crippen molar-refractivity contribution in [3.8, 4) is 16.9 Å². The molecule has 2 aromatic heterocycles. The van der Waals surface area contributed by atoms with Crippen molar-refractivity contribution < 1.29 is 4.42 Å². The summed E-state index contributed by atoms with van der Waals surface area (Å²) in [4.78, 5) is 13.2. The molecular weight excluding hydrogens is 322 g/mol. The van der Waals surface area contributed by atoms with E-state index in [1.165, 1.54) is 0 Å². The minimum absolute atomic E-state index is 0.0205. The highest BCUT2D eigenvalue weighted by Crippen LogP contribution is 2.31. The molecule has 0 saturated heterocycles. The predicted octanol–water partition coefficient (Wildman–Crippen LogP) is 5.40. The van der Waals surface area contributed by atoms with E-state index in [9.17, 15) is 4.79 Å². The molecular formula is C23H15NO2. The molecule has 0 N–H and O–H groups in total. The molecule has 0 aliphatic rings. The highest BCUT2D eigenvalue weighted by atomic mass is 16.3. The van der Waals surface area contributed by atoms with Crippen LogP contribution in [0.15, 0.2) is 100 Å². The van der Waals surface area contributed by atoms with Crippen LogP contribution < -0.4 is 5.43 Å². The Bertz CT molecular complexity index is 1280. The quantitative estimate of drug-likeness (QED) is 0.432. The van der Waals surface area contributed by atoms with E-state index in [0.29, 0.717) is 22.1 Å². The van der Waals surface area contributed by atoms with Crippen LogP contribution in [0, 0.1) is 0 Å². The number of hydrogen-bond donors (Lipinski definition) is 0. The highest BCUT2D eigenvalue weighted by molar-refractivity contribution is 5.92. The lowest BCUT2D eigenvalue weighted by Crippen LogP contribution is -2.08. The van der Waals surface area contributed by atoms with Crippen LogP contribution in [-0.4, -0.2) is 4.57 Å². The average molecular weight is 337 g/mol. The molecule has 0 radical (unpaired) electrons. The maximum Gasteiger partial charge on any atom is 0.217 e. The SMILES string of the molecule is O=c1c2ccccc2oc2cc(-c3ccccc3)n(-c3ccccc3)c12. The van der Waals surface area contributed by atoms with Crippen LogP contribution >= 0.6 is 0 Å². The predicted molar refractivity (Wildman–Crippen MR) is 105 cm³/mol. The van der Waals surface area contributed by atoms with E-state index in [1.54, 1.807) is 0 Å². The van der Waals surface area contributed by atoms with Gasteiger partial charge in [0.2, 0.25) is 5.43 Å². The molecule has 0 saturated carbocycles. The van der Waals surface area contributed by atoms with Crippen LogP contribution in [0.4, 0.5) is 0 Å². The zero-order valence-electron chi connectivity index (χ0n) is 13.9. The number of benzene rings is 3. The molecule has 2 heterocycles. The van der Waals surface area contributed by atoms with Crippen LogP contribution in [0.25, 0.3) is 39.0 Å². The largest absolute Gasteiger partial charge is 0.454 e. The Morgan fingerprint density at radius 3 is 2.12 bits per heavy atom. The standard InChI is InChI=1S/C23H15NO2/c25-23-18-13-7-8-14-20(18)26-21-15-19(16-9-3-1-4-10-16)24(22(21)23)17-11-5-2-6-12-17/h1-15H. The Morgan fingerprint density at radius 1 is 0.692 bits per heavy atom. The lowest BCUT2D eigenvalue weighted by Gasteiger charge is -2.10. The fraction of sp³-hybridized carbons (Fsp3) is 0. The van der Waals surface area contributed by atoms with E-state index >= 15 is 0 Å². The summed E-state index contributed by atoms with van der Waals surface area (Å²) in [6, 6.07) is 29.3. The molecule has 0 unspecified atom stereocenters. The summed E-state index contributed by atoms with van der Waals surface area (Å²) in [6.07, 6.45) is 0. The summed E-state index contributed by atoms with van der Waals surface area (Å²) in [5, 5.41) is 0.592. The molecule has 26 heavy (non-hydrogen) atoms. The number of rotatable bonds is 2. The van der Waals surface area contributed by atoms with Gasteiger partial charge < -0.3 is 8.98 Å². The number of aromatic nitrogens is 1. The van der Waals surface area contributed by atoms with Crippen LogP contribution in [0.2, 0.25) is 0 Å². The maximum absolute atomic E-state index is 13.2. The second-order valence-corrected chi connectivity index (χ2v) is 6.21. The van der Waals surface area contributed by atoms with Gasteiger partial charge in [-0.05, 0) is 29.8 Å². The molecule has 0 aliphatic carbocycles. The third-order valence-electron chi connectivity index (χ3n) is 4.62. The van der Waals surface area contributed by atoms with Crippen molar-refractivity contribution in [1.29, 1.82) is 0 Å². The van der Waals surface area contributed by atoms with E-state index < -0.39 is 0 Å². The van der Waals surface area contributed by atoms with Crippen molar-refractivity contribution in [3.05, 3.63) is 101 Å². The van der Waals surface area contributed by atoms with Crippen molar-refractivity contribution in [3.63, 3.8) is 0 Å². The molecule has 3 nitrogen and oxygen atoms in total. The van der Waals surface area contributed by atoms with E-state index in [1.807, 2.05) is 95.6 Å². The van der Waals surface area contributed by atoms with E-state index in [0.717, 1.165) is 16.9 Å². The minimum atomic E-state index is -0.0205. The van der Waals surface area contributed by atoms with Gasteiger partial charge in [0.25, 0.3) is 0 Å². The fourth-order valence-corrected chi connectivity index (χ4v) is 3.43. The van der Waals surface area contributed by atoms with Gasteiger partial charge in [0.05, 0.1) is 11.1 Å². The van der Waals surface area contributed by atoms with E-state index in [-0.39, 0.29) is 5.43 Å². The van der Waals surface area contributed by atoms with Crippen molar-refractivity contribution in [2.45, 2.75) is 0 Å². The summed E-state index contributed by atoms with van der Waals surface area (Å²) < 4.78 is 8.06. The van der Waals surface area contributed by atoms with Crippen LogP contribution in [0.1, 0.15) is 0 Å². The van der Waals surface area contributed by atoms with Gasteiger partial charge in [0.15, 0.2) is 5.58 Å². The lowest BCUT2D eigenvalue weighted by molar-refractivity contribution is 0.660. The first kappa shape index (κ1) is 14.7. The third kappa shape index (κ3) is 2.18. The second-order valence-electron chi connectivity index (χ2n) is 6.21. The molecule has 5 aromatic rings. The van der Waals surface area contributed by atoms with Crippen LogP contribution in [0.5, 0.6) is 0 Å². The first-order chi connectivity index (χ1) is 12.8.